The second-order valence-corrected chi connectivity index (χ2v) is 21.0. The highest BCUT2D eigenvalue weighted by Crippen LogP contribution is 2.18. The van der Waals surface area contributed by atoms with Gasteiger partial charge >= 0.3 is 17.9 Å². The van der Waals surface area contributed by atoms with Crippen LogP contribution in [0.2, 0.25) is 0 Å². The number of unbranched alkanes of at least 4 members (excludes halogenated alkanes) is 46. The van der Waals surface area contributed by atoms with Gasteiger partial charge in [0.1, 0.15) is 13.2 Å². The van der Waals surface area contributed by atoms with E-state index >= 15 is 0 Å². The van der Waals surface area contributed by atoms with Gasteiger partial charge in [0.2, 0.25) is 0 Å². The first-order valence-electron chi connectivity index (χ1n) is 30.5. The van der Waals surface area contributed by atoms with Crippen LogP contribution in [0.4, 0.5) is 0 Å². The second kappa shape index (κ2) is 57.0. The summed E-state index contributed by atoms with van der Waals surface area (Å²) in [4.78, 5) is 37.9. The standard InChI is InChI=1S/C61H118O6/c1-4-7-10-13-16-18-20-22-24-26-27-28-29-30-31-32-33-34-35-36-38-39-41-43-45-48-51-54-60(63)66-57-58(56-65-59(62)53-50-47-15-12-9-6-3)67-61(64)55-52-49-46-44-42-40-37-25-23-21-19-17-14-11-8-5-2/h58H,4-57H2,1-3H3. The van der Waals surface area contributed by atoms with Crippen molar-refractivity contribution in [2.75, 3.05) is 13.2 Å². The number of hydrogen-bond donors (Lipinski definition) is 0. The summed E-state index contributed by atoms with van der Waals surface area (Å²) in [5, 5.41) is 0. The van der Waals surface area contributed by atoms with Crippen molar-refractivity contribution in [1.82, 2.24) is 0 Å². The van der Waals surface area contributed by atoms with E-state index in [1.165, 1.54) is 257 Å². The number of ether oxygens (including phenoxy) is 3. The van der Waals surface area contributed by atoms with Crippen molar-refractivity contribution < 1.29 is 28.6 Å². The van der Waals surface area contributed by atoms with Crippen molar-refractivity contribution in [2.45, 2.75) is 361 Å². The summed E-state index contributed by atoms with van der Waals surface area (Å²) in [6, 6.07) is 0. The Labute approximate surface area is 418 Å². The largest absolute Gasteiger partial charge is 0.462 e. The average Bonchev–Trinajstić information content (AvgIpc) is 3.33. The molecule has 0 fully saturated rings. The van der Waals surface area contributed by atoms with E-state index in [9.17, 15) is 14.4 Å². The third-order valence-electron chi connectivity index (χ3n) is 14.1. The van der Waals surface area contributed by atoms with E-state index < -0.39 is 6.10 Å². The zero-order valence-electron chi connectivity index (χ0n) is 45.7. The predicted molar refractivity (Wildman–Crippen MR) is 289 cm³/mol. The molecule has 0 aromatic carbocycles. The van der Waals surface area contributed by atoms with E-state index in [1.807, 2.05) is 0 Å². The molecule has 0 spiro atoms. The highest BCUT2D eigenvalue weighted by Gasteiger charge is 2.19. The Kier molecular flexibility index (Phi) is 55.6. The summed E-state index contributed by atoms with van der Waals surface area (Å²) in [6.07, 6.45) is 64.4. The van der Waals surface area contributed by atoms with Crippen molar-refractivity contribution in [3.63, 3.8) is 0 Å². The van der Waals surface area contributed by atoms with Gasteiger partial charge in [-0.1, -0.05) is 316 Å². The number of hydrogen-bond acceptors (Lipinski definition) is 6. The minimum absolute atomic E-state index is 0.0622. The number of carbonyl (C=O) groups is 3. The van der Waals surface area contributed by atoms with Crippen LogP contribution >= 0.6 is 0 Å². The lowest BCUT2D eigenvalue weighted by Gasteiger charge is -2.18. The fourth-order valence-electron chi connectivity index (χ4n) is 9.51. The summed E-state index contributed by atoms with van der Waals surface area (Å²) < 4.78 is 16.8. The molecule has 0 rings (SSSR count). The maximum Gasteiger partial charge on any atom is 0.306 e. The minimum atomic E-state index is -0.759. The van der Waals surface area contributed by atoms with Crippen LogP contribution in [0, 0.1) is 0 Å². The lowest BCUT2D eigenvalue weighted by Crippen LogP contribution is -2.30. The van der Waals surface area contributed by atoms with Gasteiger partial charge in [-0.15, -0.1) is 0 Å². The zero-order chi connectivity index (χ0) is 48.6. The van der Waals surface area contributed by atoms with Gasteiger partial charge in [-0.05, 0) is 19.3 Å². The third-order valence-corrected chi connectivity index (χ3v) is 14.1. The molecule has 1 unspecified atom stereocenters. The van der Waals surface area contributed by atoms with Gasteiger partial charge in [-0.3, -0.25) is 14.4 Å². The van der Waals surface area contributed by atoms with Gasteiger partial charge in [0, 0.05) is 19.3 Å². The van der Waals surface area contributed by atoms with E-state index in [-0.39, 0.29) is 31.1 Å². The molecule has 0 saturated carbocycles. The Balaban J connectivity index is 3.97. The smallest absolute Gasteiger partial charge is 0.306 e. The first kappa shape index (κ1) is 65.4. The maximum atomic E-state index is 12.8. The van der Waals surface area contributed by atoms with Gasteiger partial charge in [0.25, 0.3) is 0 Å². The van der Waals surface area contributed by atoms with Crippen molar-refractivity contribution in [2.24, 2.45) is 0 Å². The van der Waals surface area contributed by atoms with E-state index in [4.69, 9.17) is 14.2 Å². The number of esters is 3. The summed E-state index contributed by atoms with van der Waals surface area (Å²) in [6.45, 7) is 6.65. The summed E-state index contributed by atoms with van der Waals surface area (Å²) in [7, 11) is 0. The first-order valence-corrected chi connectivity index (χ1v) is 30.5. The second-order valence-electron chi connectivity index (χ2n) is 21.0. The molecule has 0 heterocycles. The fraction of sp³-hybridized carbons (Fsp3) is 0.951. The lowest BCUT2D eigenvalue weighted by atomic mass is 10.0. The van der Waals surface area contributed by atoms with Crippen LogP contribution in [0.15, 0.2) is 0 Å². The molecule has 0 aromatic rings. The molecule has 0 N–H and O–H groups in total. The normalized spacial score (nSPS) is 11.9. The highest BCUT2D eigenvalue weighted by molar-refractivity contribution is 5.71. The summed E-state index contributed by atoms with van der Waals surface area (Å²) >= 11 is 0. The van der Waals surface area contributed by atoms with Gasteiger partial charge in [-0.25, -0.2) is 0 Å². The van der Waals surface area contributed by atoms with Gasteiger partial charge in [0.15, 0.2) is 6.10 Å². The average molecular weight is 948 g/mol. The Morgan fingerprint density at radius 3 is 0.597 bits per heavy atom. The molecule has 1 atom stereocenters. The molecule has 0 saturated heterocycles. The van der Waals surface area contributed by atoms with Crippen LogP contribution in [-0.4, -0.2) is 37.2 Å². The topological polar surface area (TPSA) is 78.9 Å². The molecule has 0 amide bonds. The van der Waals surface area contributed by atoms with Crippen LogP contribution in [0.5, 0.6) is 0 Å². The SMILES string of the molecule is CCCCCCCCCCCCCCCCCCCCCCCCCCCCCC(=O)OCC(COC(=O)CCCCCCCC)OC(=O)CCCCCCCCCCCCCCCCCC. The number of carbonyl (C=O) groups excluding carboxylic acids is 3. The Morgan fingerprint density at radius 2 is 0.403 bits per heavy atom. The summed E-state index contributed by atoms with van der Waals surface area (Å²) in [5.74, 6) is -0.845. The highest BCUT2D eigenvalue weighted by atomic mass is 16.6. The molecule has 0 bridgehead atoms. The van der Waals surface area contributed by atoms with Crippen LogP contribution in [0.1, 0.15) is 355 Å². The Hall–Kier alpha value is -1.59. The Bertz CT molecular complexity index is 998. The summed E-state index contributed by atoms with van der Waals surface area (Å²) in [5.41, 5.74) is 0. The van der Waals surface area contributed by atoms with Gasteiger partial charge in [-0.2, -0.15) is 0 Å². The van der Waals surface area contributed by atoms with Crippen LogP contribution in [0.25, 0.3) is 0 Å². The van der Waals surface area contributed by atoms with Gasteiger partial charge < -0.3 is 14.2 Å². The van der Waals surface area contributed by atoms with Crippen molar-refractivity contribution in [3.05, 3.63) is 0 Å². The third kappa shape index (κ3) is 55.2. The van der Waals surface area contributed by atoms with Crippen molar-refractivity contribution in [3.8, 4) is 0 Å². The van der Waals surface area contributed by atoms with E-state index in [0.717, 1.165) is 57.8 Å². The molecule has 6 nitrogen and oxygen atoms in total. The monoisotopic (exact) mass is 947 g/mol. The van der Waals surface area contributed by atoms with Crippen LogP contribution in [0.3, 0.4) is 0 Å². The number of rotatable bonds is 57. The fourth-order valence-corrected chi connectivity index (χ4v) is 9.51. The zero-order valence-corrected chi connectivity index (χ0v) is 45.7. The molecule has 0 aliphatic carbocycles. The van der Waals surface area contributed by atoms with E-state index in [1.54, 1.807) is 0 Å². The molecule has 6 heteroatoms. The van der Waals surface area contributed by atoms with Gasteiger partial charge in [0.05, 0.1) is 0 Å². The van der Waals surface area contributed by atoms with Crippen LogP contribution < -0.4 is 0 Å². The Morgan fingerprint density at radius 1 is 0.239 bits per heavy atom. The van der Waals surface area contributed by atoms with Crippen molar-refractivity contribution in [1.29, 1.82) is 0 Å². The van der Waals surface area contributed by atoms with E-state index in [0.29, 0.717) is 19.3 Å². The lowest BCUT2D eigenvalue weighted by molar-refractivity contribution is -0.167. The molecule has 398 valence electrons. The molecule has 0 aliphatic rings. The first-order chi connectivity index (χ1) is 33.0. The molecule has 67 heavy (non-hydrogen) atoms. The molecular formula is C61H118O6. The van der Waals surface area contributed by atoms with Crippen molar-refractivity contribution >= 4 is 17.9 Å². The quantitative estimate of drug-likeness (QED) is 0.0343. The minimum Gasteiger partial charge on any atom is -0.462 e. The molecule has 0 aromatic heterocycles. The molecule has 0 aliphatic heterocycles. The van der Waals surface area contributed by atoms with E-state index in [2.05, 4.69) is 20.8 Å². The van der Waals surface area contributed by atoms with Crippen LogP contribution in [-0.2, 0) is 28.6 Å². The maximum absolute atomic E-state index is 12.8. The predicted octanol–water partition coefficient (Wildman–Crippen LogP) is 20.3. The molecule has 0 radical (unpaired) electrons. The molecular weight excluding hydrogens is 829 g/mol.